The molecule has 0 aliphatic heterocycles. The van der Waals surface area contributed by atoms with Crippen molar-refractivity contribution in [1.82, 2.24) is 9.80 Å². The van der Waals surface area contributed by atoms with Crippen molar-refractivity contribution in [3.8, 4) is 0 Å². The number of nitrogens with zero attached hydrogens (tertiary/aromatic N) is 2. The summed E-state index contributed by atoms with van der Waals surface area (Å²) in [5.41, 5.74) is 6.51. The van der Waals surface area contributed by atoms with Crippen LogP contribution in [0.5, 0.6) is 0 Å². The van der Waals surface area contributed by atoms with Crippen LogP contribution in [0.15, 0.2) is 18.2 Å². The molecule has 1 aromatic carbocycles. The van der Waals surface area contributed by atoms with Crippen LogP contribution in [0.3, 0.4) is 0 Å². The van der Waals surface area contributed by atoms with E-state index in [1.165, 1.54) is 0 Å². The van der Waals surface area contributed by atoms with Crippen LogP contribution >= 0.6 is 12.2 Å². The highest BCUT2D eigenvalue weighted by Crippen LogP contribution is 2.16. The topological polar surface area (TPSA) is 32.5 Å². The summed E-state index contributed by atoms with van der Waals surface area (Å²) in [5.74, 6) is -0.296. The molecule has 0 radical (unpaired) electrons. The molecule has 0 bridgehead atoms. The molecule has 0 saturated heterocycles. The Bertz CT molecular complexity index is 462. The maximum atomic E-state index is 14.3. The van der Waals surface area contributed by atoms with Gasteiger partial charge in [-0.2, -0.15) is 0 Å². The van der Waals surface area contributed by atoms with Gasteiger partial charge in [-0.15, -0.1) is 0 Å². The van der Waals surface area contributed by atoms with Crippen molar-refractivity contribution < 1.29 is 4.39 Å². The predicted molar refractivity (Wildman–Crippen MR) is 86.4 cm³/mol. The van der Waals surface area contributed by atoms with Crippen LogP contribution in [-0.2, 0) is 6.54 Å². The fourth-order valence-electron chi connectivity index (χ4n) is 2.33. The Hall–Kier alpha value is -1.04. The summed E-state index contributed by atoms with van der Waals surface area (Å²) >= 11 is 4.88. The Balaban J connectivity index is 2.90. The number of nitrogens with two attached hydrogens (primary N) is 1. The Morgan fingerprint density at radius 2 is 2.05 bits per heavy atom. The molecule has 0 aliphatic carbocycles. The Morgan fingerprint density at radius 1 is 1.40 bits per heavy atom. The van der Waals surface area contributed by atoms with E-state index in [9.17, 15) is 4.39 Å². The fourth-order valence-corrected chi connectivity index (χ4v) is 2.49. The maximum Gasteiger partial charge on any atom is 0.137 e. The van der Waals surface area contributed by atoms with Crippen molar-refractivity contribution in [2.45, 2.75) is 26.4 Å². The third-order valence-electron chi connectivity index (χ3n) is 3.38. The highest BCUT2D eigenvalue weighted by Gasteiger charge is 2.17. The number of hydrogen-bond donors (Lipinski definition) is 1. The zero-order valence-electron chi connectivity index (χ0n) is 12.7. The molecule has 0 fully saturated rings. The van der Waals surface area contributed by atoms with E-state index >= 15 is 0 Å². The smallest absolute Gasteiger partial charge is 0.137 e. The molecule has 1 aromatic rings. The fraction of sp³-hybridized carbons (Fsp3) is 0.533. The number of benzene rings is 1. The zero-order valence-corrected chi connectivity index (χ0v) is 13.5. The number of likely N-dealkylation sites (N-methyl/N-ethyl adjacent to an activating group) is 2. The molecule has 5 heteroatoms. The lowest BCUT2D eigenvalue weighted by Crippen LogP contribution is -2.39. The molecule has 112 valence electrons. The van der Waals surface area contributed by atoms with Crippen LogP contribution < -0.4 is 5.73 Å². The molecule has 0 saturated carbocycles. The second-order valence-electron chi connectivity index (χ2n) is 5.32. The summed E-state index contributed by atoms with van der Waals surface area (Å²) in [6.07, 6.45) is 0. The average molecular weight is 297 g/mol. The van der Waals surface area contributed by atoms with Crippen molar-refractivity contribution >= 4 is 17.2 Å². The van der Waals surface area contributed by atoms with Gasteiger partial charge in [0.2, 0.25) is 0 Å². The van der Waals surface area contributed by atoms with Crippen LogP contribution in [0.1, 0.15) is 25.0 Å². The van der Waals surface area contributed by atoms with Crippen molar-refractivity contribution in [3.63, 3.8) is 0 Å². The number of rotatable bonds is 7. The highest BCUT2D eigenvalue weighted by molar-refractivity contribution is 7.80. The lowest BCUT2D eigenvalue weighted by Gasteiger charge is -2.30. The van der Waals surface area contributed by atoms with E-state index in [1.807, 2.05) is 14.1 Å². The van der Waals surface area contributed by atoms with Crippen molar-refractivity contribution in [1.29, 1.82) is 0 Å². The molecule has 2 N–H and O–H groups in total. The minimum absolute atomic E-state index is 0.105. The molecule has 1 unspecified atom stereocenters. The summed E-state index contributed by atoms with van der Waals surface area (Å²) in [7, 11) is 4.08. The quantitative estimate of drug-likeness (QED) is 0.782. The van der Waals surface area contributed by atoms with Crippen molar-refractivity contribution in [3.05, 3.63) is 35.1 Å². The standard InChI is InChI=1S/C15H24FN3S/c1-5-19(11(2)9-18(3)4)10-12-7-6-8-13(14(12)16)15(17)20/h6-8,11H,5,9-10H2,1-4H3,(H2,17,20). The third-order valence-corrected chi connectivity index (χ3v) is 3.60. The number of thiocarbonyl (C=S) groups is 1. The maximum absolute atomic E-state index is 14.3. The molecule has 1 atom stereocenters. The summed E-state index contributed by atoms with van der Waals surface area (Å²) in [4.78, 5) is 4.48. The van der Waals surface area contributed by atoms with Crippen LogP contribution in [0, 0.1) is 5.82 Å². The van der Waals surface area contributed by atoms with Gasteiger partial charge in [0.15, 0.2) is 0 Å². The van der Waals surface area contributed by atoms with Gasteiger partial charge < -0.3 is 10.6 Å². The van der Waals surface area contributed by atoms with Crippen LogP contribution in [0.25, 0.3) is 0 Å². The van der Waals surface area contributed by atoms with Gasteiger partial charge in [0.1, 0.15) is 10.8 Å². The number of halogens is 1. The predicted octanol–water partition coefficient (Wildman–Crippen LogP) is 2.23. The second-order valence-corrected chi connectivity index (χ2v) is 5.76. The van der Waals surface area contributed by atoms with E-state index in [0.717, 1.165) is 13.1 Å². The first kappa shape index (κ1) is 17.0. The normalized spacial score (nSPS) is 12.9. The van der Waals surface area contributed by atoms with E-state index in [1.54, 1.807) is 18.2 Å². The minimum atomic E-state index is -0.296. The molecule has 0 heterocycles. The molecular formula is C15H24FN3S. The van der Waals surface area contributed by atoms with Gasteiger partial charge in [-0.3, -0.25) is 4.90 Å². The summed E-state index contributed by atoms with van der Waals surface area (Å²) < 4.78 is 14.3. The Morgan fingerprint density at radius 3 is 2.55 bits per heavy atom. The van der Waals surface area contributed by atoms with Crippen LogP contribution in [0.2, 0.25) is 0 Å². The summed E-state index contributed by atoms with van der Waals surface area (Å²) in [6.45, 7) is 6.60. The van der Waals surface area contributed by atoms with Gasteiger partial charge in [-0.1, -0.05) is 31.3 Å². The molecule has 0 amide bonds. The first-order valence-corrected chi connectivity index (χ1v) is 7.23. The lowest BCUT2D eigenvalue weighted by molar-refractivity contribution is 0.172. The monoisotopic (exact) mass is 297 g/mol. The van der Waals surface area contributed by atoms with E-state index in [0.29, 0.717) is 23.7 Å². The number of hydrogen-bond acceptors (Lipinski definition) is 3. The van der Waals surface area contributed by atoms with E-state index in [-0.39, 0.29) is 10.8 Å². The molecular weight excluding hydrogens is 273 g/mol. The molecule has 0 aromatic heterocycles. The summed E-state index contributed by atoms with van der Waals surface area (Å²) in [5, 5.41) is 0. The van der Waals surface area contributed by atoms with E-state index < -0.39 is 0 Å². The lowest BCUT2D eigenvalue weighted by atomic mass is 10.1. The Kier molecular flexibility index (Phi) is 6.52. The average Bonchev–Trinajstić information content (AvgIpc) is 2.36. The Labute approximate surface area is 126 Å². The largest absolute Gasteiger partial charge is 0.389 e. The molecule has 0 aliphatic rings. The first-order valence-electron chi connectivity index (χ1n) is 6.82. The van der Waals surface area contributed by atoms with Gasteiger partial charge in [0.05, 0.1) is 0 Å². The van der Waals surface area contributed by atoms with Gasteiger partial charge in [-0.05, 0) is 33.6 Å². The highest BCUT2D eigenvalue weighted by atomic mass is 32.1. The van der Waals surface area contributed by atoms with Crippen molar-refractivity contribution in [2.24, 2.45) is 5.73 Å². The minimum Gasteiger partial charge on any atom is -0.389 e. The third kappa shape index (κ3) is 4.51. The van der Waals surface area contributed by atoms with E-state index in [4.69, 9.17) is 18.0 Å². The SMILES string of the molecule is CCN(Cc1cccc(C(N)=S)c1F)C(C)CN(C)C. The van der Waals surface area contributed by atoms with Gasteiger partial charge in [-0.25, -0.2) is 4.39 Å². The molecule has 1 rings (SSSR count). The van der Waals surface area contributed by atoms with Gasteiger partial charge in [0.25, 0.3) is 0 Å². The van der Waals surface area contributed by atoms with Crippen LogP contribution in [0.4, 0.5) is 4.39 Å². The summed E-state index contributed by atoms with van der Waals surface area (Å²) in [6, 6.07) is 5.57. The first-order chi connectivity index (χ1) is 9.36. The van der Waals surface area contributed by atoms with Crippen molar-refractivity contribution in [2.75, 3.05) is 27.2 Å². The molecule has 3 nitrogen and oxygen atoms in total. The van der Waals surface area contributed by atoms with Gasteiger partial charge in [0, 0.05) is 30.3 Å². The van der Waals surface area contributed by atoms with Gasteiger partial charge >= 0.3 is 0 Å². The van der Waals surface area contributed by atoms with E-state index in [2.05, 4.69) is 23.6 Å². The molecule has 0 spiro atoms. The second kappa shape index (κ2) is 7.67. The zero-order chi connectivity index (χ0) is 15.3. The van der Waals surface area contributed by atoms with Crippen LogP contribution in [-0.4, -0.2) is 48.0 Å². The molecule has 20 heavy (non-hydrogen) atoms.